The molecule has 2 N–H and O–H groups in total. The Morgan fingerprint density at radius 3 is 2.41 bits per heavy atom. The summed E-state index contributed by atoms with van der Waals surface area (Å²) in [6, 6.07) is 3.28. The number of hydrogen-bond acceptors (Lipinski definition) is 2. The zero-order valence-electron chi connectivity index (χ0n) is 9.63. The Labute approximate surface area is 98.0 Å². The number of rotatable bonds is 2. The zero-order valence-corrected chi connectivity index (χ0v) is 9.63. The Hall–Kier alpha value is -1.68. The third-order valence-electron chi connectivity index (χ3n) is 2.72. The van der Waals surface area contributed by atoms with Gasteiger partial charge in [0.1, 0.15) is 17.4 Å². The maximum absolute atomic E-state index is 13.7. The van der Waals surface area contributed by atoms with E-state index >= 15 is 0 Å². The molecule has 1 unspecified atom stereocenters. The molecule has 0 saturated carbocycles. The van der Waals surface area contributed by atoms with E-state index in [0.717, 1.165) is 12.1 Å². The van der Waals surface area contributed by atoms with Crippen LogP contribution in [0.25, 0.3) is 0 Å². The highest BCUT2D eigenvalue weighted by Gasteiger charge is 2.17. The molecule has 0 saturated heterocycles. The summed E-state index contributed by atoms with van der Waals surface area (Å²) in [7, 11) is 0. The molecule has 0 aliphatic heterocycles. The molecule has 0 amide bonds. The van der Waals surface area contributed by atoms with Crippen LogP contribution in [-0.4, -0.2) is 0 Å². The van der Waals surface area contributed by atoms with Crippen molar-refractivity contribution in [2.24, 2.45) is 5.73 Å². The van der Waals surface area contributed by atoms with Gasteiger partial charge in [0.2, 0.25) is 0 Å². The highest BCUT2D eigenvalue weighted by molar-refractivity contribution is 5.34. The third-order valence-corrected chi connectivity index (χ3v) is 2.72. The van der Waals surface area contributed by atoms with Crippen molar-refractivity contribution in [2.75, 3.05) is 0 Å². The zero-order chi connectivity index (χ0) is 12.6. The number of furan rings is 1. The average Bonchev–Trinajstić information content (AvgIpc) is 2.69. The molecule has 0 aliphatic carbocycles. The smallest absolute Gasteiger partial charge is 0.128 e. The van der Waals surface area contributed by atoms with E-state index in [9.17, 15) is 8.78 Å². The van der Waals surface area contributed by atoms with E-state index in [-0.39, 0.29) is 11.1 Å². The lowest BCUT2D eigenvalue weighted by Crippen LogP contribution is -2.13. The van der Waals surface area contributed by atoms with Crippen LogP contribution in [-0.2, 0) is 0 Å². The van der Waals surface area contributed by atoms with Crippen LogP contribution >= 0.6 is 0 Å². The van der Waals surface area contributed by atoms with Crippen LogP contribution in [0.2, 0.25) is 0 Å². The molecule has 0 bridgehead atoms. The van der Waals surface area contributed by atoms with Crippen molar-refractivity contribution in [1.82, 2.24) is 0 Å². The molecule has 90 valence electrons. The first kappa shape index (κ1) is 11.8. The maximum Gasteiger partial charge on any atom is 0.128 e. The Morgan fingerprint density at radius 1 is 1.12 bits per heavy atom. The average molecular weight is 237 g/mol. The largest absolute Gasteiger partial charge is 0.469 e. The minimum absolute atomic E-state index is 0.133. The summed E-state index contributed by atoms with van der Waals surface area (Å²) >= 11 is 0. The van der Waals surface area contributed by atoms with Gasteiger partial charge in [-0.25, -0.2) is 8.78 Å². The monoisotopic (exact) mass is 237 g/mol. The molecule has 17 heavy (non-hydrogen) atoms. The molecule has 2 aromatic rings. The minimum atomic E-state index is -0.720. The second-order valence-corrected chi connectivity index (χ2v) is 4.09. The number of hydrogen-bond donors (Lipinski definition) is 1. The van der Waals surface area contributed by atoms with E-state index < -0.39 is 17.7 Å². The topological polar surface area (TPSA) is 39.2 Å². The van der Waals surface area contributed by atoms with Crippen LogP contribution in [0.4, 0.5) is 8.78 Å². The van der Waals surface area contributed by atoms with E-state index in [0.29, 0.717) is 11.3 Å². The summed E-state index contributed by atoms with van der Waals surface area (Å²) in [5, 5.41) is 0. The van der Waals surface area contributed by atoms with Crippen molar-refractivity contribution < 1.29 is 13.2 Å². The second-order valence-electron chi connectivity index (χ2n) is 4.09. The van der Waals surface area contributed by atoms with Gasteiger partial charge in [0, 0.05) is 11.1 Å². The minimum Gasteiger partial charge on any atom is -0.469 e. The lowest BCUT2D eigenvalue weighted by molar-refractivity contribution is 0.528. The number of nitrogens with two attached hydrogens (primary N) is 1. The summed E-state index contributed by atoms with van der Waals surface area (Å²) in [5.74, 6) is -0.282. The molecule has 1 atom stereocenters. The molecular formula is C13H13F2NO. The molecule has 2 nitrogen and oxygen atoms in total. The van der Waals surface area contributed by atoms with Gasteiger partial charge in [-0.1, -0.05) is 0 Å². The first-order valence-corrected chi connectivity index (χ1v) is 5.25. The van der Waals surface area contributed by atoms with Gasteiger partial charge in [-0.15, -0.1) is 0 Å². The fraction of sp³-hybridized carbons (Fsp3) is 0.231. The molecule has 4 heteroatoms. The Morgan fingerprint density at radius 2 is 1.82 bits per heavy atom. The van der Waals surface area contributed by atoms with Gasteiger partial charge in [0.15, 0.2) is 0 Å². The number of halogens is 2. The van der Waals surface area contributed by atoms with Crippen molar-refractivity contribution in [3.05, 3.63) is 58.5 Å². The lowest BCUT2D eigenvalue weighted by Gasteiger charge is -2.12. The van der Waals surface area contributed by atoms with Crippen LogP contribution in [0, 0.1) is 25.5 Å². The van der Waals surface area contributed by atoms with E-state index in [1.165, 1.54) is 13.2 Å². The summed E-state index contributed by atoms with van der Waals surface area (Å²) in [5.41, 5.74) is 6.91. The number of aryl methyl sites for hydroxylation is 2. The Bertz CT molecular complexity index is 548. The van der Waals surface area contributed by atoms with Crippen LogP contribution in [0.1, 0.15) is 28.5 Å². The quantitative estimate of drug-likeness (QED) is 0.871. The fourth-order valence-electron chi connectivity index (χ4n) is 1.71. The van der Waals surface area contributed by atoms with Crippen molar-refractivity contribution in [3.63, 3.8) is 0 Å². The summed E-state index contributed by atoms with van der Waals surface area (Å²) in [6.07, 6.45) is 1.46. The standard InChI is InChI=1S/C13H13F2NO/c1-7-3-12(15)10(5-11(7)14)13(16)9-4-8(2)17-6-9/h3-6,13H,16H2,1-2H3. The SMILES string of the molecule is Cc1cc(C(N)c2cc(F)c(C)cc2F)co1. The van der Waals surface area contributed by atoms with E-state index in [1.54, 1.807) is 13.0 Å². The van der Waals surface area contributed by atoms with E-state index in [1.807, 2.05) is 0 Å². The summed E-state index contributed by atoms with van der Waals surface area (Å²) < 4.78 is 32.2. The molecule has 1 aromatic carbocycles. The van der Waals surface area contributed by atoms with Gasteiger partial charge in [-0.3, -0.25) is 0 Å². The molecule has 1 heterocycles. The van der Waals surface area contributed by atoms with Gasteiger partial charge < -0.3 is 10.2 Å². The highest BCUT2D eigenvalue weighted by atomic mass is 19.1. The molecule has 0 aliphatic rings. The Kier molecular flexibility index (Phi) is 2.98. The van der Waals surface area contributed by atoms with E-state index in [4.69, 9.17) is 10.2 Å². The second kappa shape index (κ2) is 4.30. The van der Waals surface area contributed by atoms with Gasteiger partial charge in [-0.05, 0) is 37.6 Å². The molecule has 0 spiro atoms. The van der Waals surface area contributed by atoms with Crippen molar-refractivity contribution in [1.29, 1.82) is 0 Å². The normalized spacial score (nSPS) is 12.8. The molecule has 0 fully saturated rings. The first-order chi connectivity index (χ1) is 7.99. The summed E-state index contributed by atoms with van der Waals surface area (Å²) in [4.78, 5) is 0. The molecule has 1 aromatic heterocycles. The first-order valence-electron chi connectivity index (χ1n) is 5.25. The Balaban J connectivity index is 2.43. The van der Waals surface area contributed by atoms with Crippen LogP contribution in [0.5, 0.6) is 0 Å². The third kappa shape index (κ3) is 2.22. The van der Waals surface area contributed by atoms with Gasteiger partial charge >= 0.3 is 0 Å². The number of benzene rings is 1. The van der Waals surface area contributed by atoms with Crippen molar-refractivity contribution in [3.8, 4) is 0 Å². The van der Waals surface area contributed by atoms with Gasteiger partial charge in [-0.2, -0.15) is 0 Å². The van der Waals surface area contributed by atoms with Crippen molar-refractivity contribution >= 4 is 0 Å². The summed E-state index contributed by atoms with van der Waals surface area (Å²) in [6.45, 7) is 3.28. The van der Waals surface area contributed by atoms with E-state index in [2.05, 4.69) is 0 Å². The predicted molar refractivity (Wildman–Crippen MR) is 60.6 cm³/mol. The van der Waals surface area contributed by atoms with Gasteiger partial charge in [0.25, 0.3) is 0 Å². The van der Waals surface area contributed by atoms with Crippen LogP contribution < -0.4 is 5.73 Å². The fourth-order valence-corrected chi connectivity index (χ4v) is 1.71. The molecule has 2 rings (SSSR count). The maximum atomic E-state index is 13.7. The van der Waals surface area contributed by atoms with Crippen LogP contribution in [0.15, 0.2) is 28.9 Å². The van der Waals surface area contributed by atoms with Crippen molar-refractivity contribution in [2.45, 2.75) is 19.9 Å². The molecule has 0 radical (unpaired) electrons. The lowest BCUT2D eigenvalue weighted by atomic mass is 10.00. The predicted octanol–water partition coefficient (Wildman–Crippen LogP) is 3.22. The van der Waals surface area contributed by atoms with Gasteiger partial charge in [0.05, 0.1) is 12.3 Å². The van der Waals surface area contributed by atoms with Crippen LogP contribution in [0.3, 0.4) is 0 Å². The highest BCUT2D eigenvalue weighted by Crippen LogP contribution is 2.25. The molecular weight excluding hydrogens is 224 g/mol.